The van der Waals surface area contributed by atoms with Gasteiger partial charge in [0.2, 0.25) is 0 Å². The molecule has 3 heterocycles. The van der Waals surface area contributed by atoms with E-state index < -0.39 is 0 Å². The van der Waals surface area contributed by atoms with Crippen LogP contribution >= 0.6 is 0 Å². The van der Waals surface area contributed by atoms with Gasteiger partial charge in [-0.05, 0) is 37.4 Å². The summed E-state index contributed by atoms with van der Waals surface area (Å²) >= 11 is 0. The maximum Gasteiger partial charge on any atom is 0.158 e. The molecule has 1 saturated heterocycles. The molecule has 0 bridgehead atoms. The molecule has 1 N–H and O–H groups in total. The molecular formula is C17H25N5O. The van der Waals surface area contributed by atoms with E-state index in [4.69, 9.17) is 0 Å². The summed E-state index contributed by atoms with van der Waals surface area (Å²) in [5, 5.41) is 17.6. The molecule has 0 saturated carbocycles. The molecule has 124 valence electrons. The van der Waals surface area contributed by atoms with Crippen molar-refractivity contribution < 1.29 is 5.11 Å². The van der Waals surface area contributed by atoms with E-state index in [-0.39, 0.29) is 6.61 Å². The van der Waals surface area contributed by atoms with Crippen molar-refractivity contribution in [3.8, 4) is 0 Å². The fraction of sp³-hybridized carbons (Fsp3) is 0.588. The van der Waals surface area contributed by atoms with Gasteiger partial charge in [0.1, 0.15) is 12.4 Å². The van der Waals surface area contributed by atoms with Crippen LogP contribution in [0.2, 0.25) is 0 Å². The maximum atomic E-state index is 9.28. The monoisotopic (exact) mass is 315 g/mol. The topological polar surface area (TPSA) is 67.1 Å². The summed E-state index contributed by atoms with van der Waals surface area (Å²) in [6.45, 7) is 5.03. The lowest BCUT2D eigenvalue weighted by Gasteiger charge is -2.31. The van der Waals surface area contributed by atoms with Crippen molar-refractivity contribution in [2.24, 2.45) is 7.05 Å². The van der Waals surface area contributed by atoms with Gasteiger partial charge in [-0.15, -0.1) is 10.2 Å². The van der Waals surface area contributed by atoms with Gasteiger partial charge in [0.15, 0.2) is 5.82 Å². The smallest absolute Gasteiger partial charge is 0.158 e. The molecule has 0 radical (unpaired) electrons. The van der Waals surface area contributed by atoms with E-state index in [0.29, 0.717) is 11.7 Å². The lowest BCUT2D eigenvalue weighted by Crippen LogP contribution is -2.35. The largest absolute Gasteiger partial charge is 0.388 e. The molecule has 1 aliphatic rings. The first-order valence-corrected chi connectivity index (χ1v) is 8.36. The Morgan fingerprint density at radius 1 is 1.30 bits per heavy atom. The van der Waals surface area contributed by atoms with Crippen molar-refractivity contribution in [3.05, 3.63) is 41.2 Å². The molecule has 0 aliphatic carbocycles. The zero-order valence-corrected chi connectivity index (χ0v) is 13.9. The van der Waals surface area contributed by atoms with Crippen LogP contribution in [-0.2, 0) is 26.6 Å². The zero-order chi connectivity index (χ0) is 16.2. The Hall–Kier alpha value is -1.79. The second-order valence-corrected chi connectivity index (χ2v) is 6.28. The standard InChI is InChI=1S/C17H25N5O/c1-3-13-6-7-15(18-9-13)11-22-8-4-5-14(10-22)17-20-19-16(12-23)21(17)2/h6-7,9,14,23H,3-5,8,10-12H2,1-2H3. The minimum Gasteiger partial charge on any atom is -0.388 e. The highest BCUT2D eigenvalue weighted by molar-refractivity contribution is 5.14. The molecule has 6 nitrogen and oxygen atoms in total. The van der Waals surface area contributed by atoms with E-state index in [1.807, 2.05) is 17.8 Å². The van der Waals surface area contributed by atoms with Gasteiger partial charge in [0.05, 0.1) is 5.69 Å². The number of aromatic nitrogens is 4. The number of aryl methyl sites for hydroxylation is 1. The summed E-state index contributed by atoms with van der Waals surface area (Å²) in [5.41, 5.74) is 2.40. The number of rotatable bonds is 5. The van der Waals surface area contributed by atoms with Gasteiger partial charge in [0, 0.05) is 32.3 Å². The summed E-state index contributed by atoms with van der Waals surface area (Å²) in [4.78, 5) is 7.01. The molecule has 0 aromatic carbocycles. The first-order chi connectivity index (χ1) is 11.2. The van der Waals surface area contributed by atoms with Crippen molar-refractivity contribution in [1.29, 1.82) is 0 Å². The Bertz CT molecular complexity index is 637. The third-order valence-electron chi connectivity index (χ3n) is 4.69. The van der Waals surface area contributed by atoms with Crippen LogP contribution in [0.15, 0.2) is 18.3 Å². The van der Waals surface area contributed by atoms with Gasteiger partial charge in [-0.1, -0.05) is 13.0 Å². The molecule has 1 atom stereocenters. The second kappa shape index (κ2) is 7.19. The third-order valence-corrected chi connectivity index (χ3v) is 4.69. The number of hydrogen-bond acceptors (Lipinski definition) is 5. The van der Waals surface area contributed by atoms with Crippen LogP contribution in [0.1, 0.15) is 48.6 Å². The fourth-order valence-electron chi connectivity index (χ4n) is 3.27. The quantitative estimate of drug-likeness (QED) is 0.908. The van der Waals surface area contributed by atoms with Crippen molar-refractivity contribution in [3.63, 3.8) is 0 Å². The Labute approximate surface area is 137 Å². The summed E-state index contributed by atoms with van der Waals surface area (Å²) in [6, 6.07) is 4.30. The first kappa shape index (κ1) is 16.1. The molecule has 1 unspecified atom stereocenters. The normalized spacial score (nSPS) is 19.2. The summed E-state index contributed by atoms with van der Waals surface area (Å²) in [6.07, 6.45) is 5.28. The summed E-state index contributed by atoms with van der Waals surface area (Å²) in [7, 11) is 1.94. The van der Waals surface area contributed by atoms with E-state index in [2.05, 4.69) is 39.1 Å². The fourth-order valence-corrected chi connectivity index (χ4v) is 3.27. The average molecular weight is 315 g/mol. The summed E-state index contributed by atoms with van der Waals surface area (Å²) in [5.74, 6) is 1.98. The molecular weight excluding hydrogens is 290 g/mol. The minimum atomic E-state index is -0.0619. The number of aliphatic hydroxyl groups is 1. The highest BCUT2D eigenvalue weighted by atomic mass is 16.3. The number of nitrogens with zero attached hydrogens (tertiary/aromatic N) is 5. The molecule has 23 heavy (non-hydrogen) atoms. The van der Waals surface area contributed by atoms with Gasteiger partial charge in [-0.3, -0.25) is 9.88 Å². The highest BCUT2D eigenvalue weighted by Gasteiger charge is 2.26. The predicted octanol–water partition coefficient (Wildman–Crippen LogP) is 1.64. The van der Waals surface area contributed by atoms with Crippen LogP contribution in [-0.4, -0.2) is 42.8 Å². The number of hydrogen-bond donors (Lipinski definition) is 1. The highest BCUT2D eigenvalue weighted by Crippen LogP contribution is 2.26. The molecule has 0 spiro atoms. The van der Waals surface area contributed by atoms with Gasteiger partial charge in [-0.25, -0.2) is 0 Å². The lowest BCUT2D eigenvalue weighted by atomic mass is 9.97. The Kier molecular flexibility index (Phi) is 5.03. The van der Waals surface area contributed by atoms with Crippen LogP contribution in [0, 0.1) is 0 Å². The predicted molar refractivity (Wildman–Crippen MR) is 87.8 cm³/mol. The second-order valence-electron chi connectivity index (χ2n) is 6.28. The number of piperidine rings is 1. The van der Waals surface area contributed by atoms with E-state index in [9.17, 15) is 5.11 Å². The number of aliphatic hydroxyl groups excluding tert-OH is 1. The number of likely N-dealkylation sites (tertiary alicyclic amines) is 1. The van der Waals surface area contributed by atoms with Gasteiger partial charge in [-0.2, -0.15) is 0 Å². The molecule has 6 heteroatoms. The molecule has 1 aliphatic heterocycles. The van der Waals surface area contributed by atoms with Crippen molar-refractivity contribution >= 4 is 0 Å². The molecule has 3 rings (SSSR count). The van der Waals surface area contributed by atoms with E-state index >= 15 is 0 Å². The zero-order valence-electron chi connectivity index (χ0n) is 13.9. The Morgan fingerprint density at radius 2 is 2.17 bits per heavy atom. The SMILES string of the molecule is CCc1ccc(CN2CCCC(c3nnc(CO)n3C)C2)nc1. The first-order valence-electron chi connectivity index (χ1n) is 8.36. The van der Waals surface area contributed by atoms with Crippen LogP contribution in [0.25, 0.3) is 0 Å². The minimum absolute atomic E-state index is 0.0619. The van der Waals surface area contributed by atoms with Gasteiger partial charge < -0.3 is 9.67 Å². The van der Waals surface area contributed by atoms with Crippen molar-refractivity contribution in [2.45, 2.75) is 45.3 Å². The third kappa shape index (κ3) is 3.59. The van der Waals surface area contributed by atoms with E-state index in [0.717, 1.165) is 50.4 Å². The van der Waals surface area contributed by atoms with E-state index in [1.165, 1.54) is 5.56 Å². The van der Waals surface area contributed by atoms with Crippen LogP contribution in [0.4, 0.5) is 0 Å². The Balaban J connectivity index is 1.66. The molecule has 2 aromatic heterocycles. The lowest BCUT2D eigenvalue weighted by molar-refractivity contribution is 0.192. The average Bonchev–Trinajstić information content (AvgIpc) is 2.96. The molecule has 0 amide bonds. The van der Waals surface area contributed by atoms with Gasteiger partial charge >= 0.3 is 0 Å². The Morgan fingerprint density at radius 3 is 2.83 bits per heavy atom. The van der Waals surface area contributed by atoms with Gasteiger partial charge in [0.25, 0.3) is 0 Å². The van der Waals surface area contributed by atoms with Crippen LogP contribution in [0.5, 0.6) is 0 Å². The summed E-state index contributed by atoms with van der Waals surface area (Å²) < 4.78 is 1.93. The van der Waals surface area contributed by atoms with E-state index in [1.54, 1.807) is 0 Å². The van der Waals surface area contributed by atoms with Crippen LogP contribution in [0.3, 0.4) is 0 Å². The molecule has 2 aromatic rings. The maximum absolute atomic E-state index is 9.28. The van der Waals surface area contributed by atoms with Crippen molar-refractivity contribution in [2.75, 3.05) is 13.1 Å². The number of pyridine rings is 1. The molecule has 1 fully saturated rings. The van der Waals surface area contributed by atoms with Crippen LogP contribution < -0.4 is 0 Å². The van der Waals surface area contributed by atoms with Crippen molar-refractivity contribution in [1.82, 2.24) is 24.6 Å².